The highest BCUT2D eigenvalue weighted by Crippen LogP contribution is 2.17. The summed E-state index contributed by atoms with van der Waals surface area (Å²) in [5.41, 5.74) is 0. The van der Waals surface area contributed by atoms with E-state index >= 15 is 0 Å². The zero-order valence-corrected chi connectivity index (χ0v) is 43.7. The number of carbonyl (C=O) groups excluding carboxylic acids is 2. The van der Waals surface area contributed by atoms with Gasteiger partial charge in [0, 0.05) is 12.8 Å². The molecule has 0 saturated heterocycles. The molecule has 0 radical (unpaired) electrons. The summed E-state index contributed by atoms with van der Waals surface area (Å²) in [6.45, 7) is 4.87. The molecular weight excluding hydrogens is 803 g/mol. The molecule has 1 amide bonds. The zero-order valence-electron chi connectivity index (χ0n) is 43.7. The lowest BCUT2D eigenvalue weighted by atomic mass is 10.0. The fraction of sp³-hybridized carbons (Fsp3) is 0.898. The minimum atomic E-state index is -0.687. The Morgan fingerprint density at radius 1 is 0.415 bits per heavy atom. The van der Waals surface area contributed by atoms with Crippen LogP contribution in [0.1, 0.15) is 316 Å². The van der Waals surface area contributed by atoms with E-state index in [0.717, 1.165) is 77.0 Å². The van der Waals surface area contributed by atoms with Gasteiger partial charge >= 0.3 is 5.97 Å². The highest BCUT2D eigenvalue weighted by atomic mass is 16.5. The Balaban J connectivity index is 3.51. The van der Waals surface area contributed by atoms with Gasteiger partial charge in [0.1, 0.15) is 0 Å². The third kappa shape index (κ3) is 51.6. The highest BCUT2D eigenvalue weighted by Gasteiger charge is 2.20. The van der Waals surface area contributed by atoms with Crippen LogP contribution in [0.2, 0.25) is 0 Å². The molecular formula is C59H113NO5. The predicted octanol–water partition coefficient (Wildman–Crippen LogP) is 17.9. The van der Waals surface area contributed by atoms with Crippen molar-refractivity contribution in [2.45, 2.75) is 328 Å². The van der Waals surface area contributed by atoms with Crippen molar-refractivity contribution in [3.05, 3.63) is 24.3 Å². The highest BCUT2D eigenvalue weighted by molar-refractivity contribution is 5.76. The number of rotatable bonds is 54. The van der Waals surface area contributed by atoms with E-state index in [4.69, 9.17) is 4.74 Å². The summed E-state index contributed by atoms with van der Waals surface area (Å²) in [6, 6.07) is -0.568. The molecule has 0 aliphatic rings. The van der Waals surface area contributed by atoms with Crippen LogP contribution in [0.4, 0.5) is 0 Å². The van der Waals surface area contributed by atoms with E-state index in [1.54, 1.807) is 0 Å². The Hall–Kier alpha value is -1.66. The van der Waals surface area contributed by atoms with Gasteiger partial charge in [-0.1, -0.05) is 250 Å². The number of unbranched alkanes of at least 4 members (excludes halogenated alkanes) is 39. The summed E-state index contributed by atoms with van der Waals surface area (Å²) in [7, 11) is 0. The smallest absolute Gasteiger partial charge is 0.305 e. The summed E-state index contributed by atoms with van der Waals surface area (Å²) >= 11 is 0. The van der Waals surface area contributed by atoms with Crippen LogP contribution in [0, 0.1) is 0 Å². The van der Waals surface area contributed by atoms with Crippen LogP contribution in [0.5, 0.6) is 0 Å². The number of aliphatic hydroxyl groups is 2. The molecule has 0 rings (SSSR count). The molecule has 3 N–H and O–H groups in total. The van der Waals surface area contributed by atoms with E-state index in [-0.39, 0.29) is 18.5 Å². The molecule has 0 bridgehead atoms. The van der Waals surface area contributed by atoms with Gasteiger partial charge in [0.15, 0.2) is 0 Å². The number of esters is 1. The van der Waals surface area contributed by atoms with Crippen LogP contribution in [0.3, 0.4) is 0 Å². The molecule has 65 heavy (non-hydrogen) atoms. The average Bonchev–Trinajstić information content (AvgIpc) is 3.31. The van der Waals surface area contributed by atoms with Crippen molar-refractivity contribution in [1.29, 1.82) is 0 Å². The van der Waals surface area contributed by atoms with Crippen molar-refractivity contribution in [3.8, 4) is 0 Å². The molecule has 0 aromatic heterocycles. The van der Waals surface area contributed by atoms with Gasteiger partial charge in [-0.05, 0) is 77.0 Å². The molecule has 0 heterocycles. The van der Waals surface area contributed by atoms with E-state index in [1.165, 1.54) is 205 Å². The second-order valence-corrected chi connectivity index (χ2v) is 20.0. The first-order valence-corrected chi connectivity index (χ1v) is 29.1. The van der Waals surface area contributed by atoms with Crippen LogP contribution in [-0.4, -0.2) is 47.4 Å². The lowest BCUT2D eigenvalue weighted by molar-refractivity contribution is -0.143. The molecule has 0 aliphatic carbocycles. The van der Waals surface area contributed by atoms with Crippen molar-refractivity contribution >= 4 is 11.9 Å². The molecule has 2 atom stereocenters. The number of allylic oxidation sites excluding steroid dienone is 4. The number of aliphatic hydroxyl groups excluding tert-OH is 2. The summed E-state index contributed by atoms with van der Waals surface area (Å²) in [5.74, 6) is -0.112. The molecule has 6 heteroatoms. The molecule has 0 spiro atoms. The van der Waals surface area contributed by atoms with Gasteiger partial charge in [0.25, 0.3) is 0 Å². The predicted molar refractivity (Wildman–Crippen MR) is 283 cm³/mol. The van der Waals surface area contributed by atoms with E-state index in [0.29, 0.717) is 25.9 Å². The maximum Gasteiger partial charge on any atom is 0.305 e. The Morgan fingerprint density at radius 3 is 1.09 bits per heavy atom. The quantitative estimate of drug-likeness (QED) is 0.0321. The Bertz CT molecular complexity index is 1010. The van der Waals surface area contributed by atoms with Crippen molar-refractivity contribution in [1.82, 2.24) is 5.32 Å². The minimum absolute atomic E-state index is 0.0434. The van der Waals surface area contributed by atoms with Gasteiger partial charge in [-0.15, -0.1) is 0 Å². The summed E-state index contributed by atoms with van der Waals surface area (Å²) in [6.07, 6.45) is 66.0. The first-order chi connectivity index (χ1) is 32.0. The van der Waals surface area contributed by atoms with Crippen molar-refractivity contribution in [2.75, 3.05) is 13.2 Å². The number of nitrogens with one attached hydrogen (secondary N) is 1. The van der Waals surface area contributed by atoms with Crippen LogP contribution in [-0.2, 0) is 14.3 Å². The van der Waals surface area contributed by atoms with Crippen molar-refractivity contribution in [3.63, 3.8) is 0 Å². The van der Waals surface area contributed by atoms with Gasteiger partial charge < -0.3 is 20.3 Å². The fourth-order valence-corrected chi connectivity index (χ4v) is 8.98. The van der Waals surface area contributed by atoms with Gasteiger partial charge in [-0.25, -0.2) is 0 Å². The minimum Gasteiger partial charge on any atom is -0.466 e. The first-order valence-electron chi connectivity index (χ1n) is 29.1. The van der Waals surface area contributed by atoms with Gasteiger partial charge in [0.05, 0.1) is 25.4 Å². The SMILES string of the molecule is CCCCCCCC/C=C\CCCCCCCC(=O)OCCCC/C=C\CCCCCCC(=O)NC(CO)C(O)CCCCCCCCCCCCCCCCCCCCCCCCC. The van der Waals surface area contributed by atoms with Crippen molar-refractivity contribution in [2.24, 2.45) is 0 Å². The Morgan fingerprint density at radius 2 is 0.723 bits per heavy atom. The van der Waals surface area contributed by atoms with Gasteiger partial charge in [-0.2, -0.15) is 0 Å². The lowest BCUT2D eigenvalue weighted by Gasteiger charge is -2.22. The molecule has 0 aromatic carbocycles. The standard InChI is InChI=1S/C59H113NO5/c1-3-5-7-9-11-13-15-17-19-20-21-22-23-24-25-26-28-29-31-35-39-43-47-51-57(62)56(55-61)60-58(63)52-48-44-40-36-33-34-38-42-46-50-54-65-59(64)53-49-45-41-37-32-30-27-18-16-14-12-10-8-6-4-2/h18,27,34,38,56-57,61-62H,3-17,19-26,28-33,35-37,39-55H2,1-2H3,(H,60,63)/b27-18-,38-34-. The van der Waals surface area contributed by atoms with Crippen LogP contribution >= 0.6 is 0 Å². The Labute approximate surface area is 405 Å². The lowest BCUT2D eigenvalue weighted by Crippen LogP contribution is -2.45. The van der Waals surface area contributed by atoms with E-state index < -0.39 is 12.1 Å². The van der Waals surface area contributed by atoms with Crippen LogP contribution in [0.15, 0.2) is 24.3 Å². The van der Waals surface area contributed by atoms with Crippen molar-refractivity contribution < 1.29 is 24.5 Å². The maximum atomic E-state index is 12.5. The van der Waals surface area contributed by atoms with Crippen LogP contribution in [0.25, 0.3) is 0 Å². The largest absolute Gasteiger partial charge is 0.466 e. The van der Waals surface area contributed by atoms with E-state index in [1.807, 2.05) is 0 Å². The first kappa shape index (κ1) is 63.3. The third-order valence-corrected chi connectivity index (χ3v) is 13.5. The molecule has 0 saturated carbocycles. The summed E-state index contributed by atoms with van der Waals surface area (Å²) < 4.78 is 5.44. The summed E-state index contributed by atoms with van der Waals surface area (Å²) in [4.78, 5) is 24.5. The van der Waals surface area contributed by atoms with Gasteiger partial charge in [-0.3, -0.25) is 9.59 Å². The number of carbonyl (C=O) groups is 2. The molecule has 384 valence electrons. The van der Waals surface area contributed by atoms with E-state index in [2.05, 4.69) is 43.5 Å². The summed E-state index contributed by atoms with van der Waals surface area (Å²) in [5, 5.41) is 23.3. The zero-order chi connectivity index (χ0) is 47.2. The molecule has 2 unspecified atom stereocenters. The molecule has 0 aromatic rings. The van der Waals surface area contributed by atoms with Crippen LogP contribution < -0.4 is 5.32 Å². The monoisotopic (exact) mass is 916 g/mol. The number of hydrogen-bond donors (Lipinski definition) is 3. The fourth-order valence-electron chi connectivity index (χ4n) is 8.98. The second-order valence-electron chi connectivity index (χ2n) is 20.0. The Kier molecular flexibility index (Phi) is 53.5. The third-order valence-electron chi connectivity index (χ3n) is 13.5. The average molecular weight is 917 g/mol. The number of hydrogen-bond acceptors (Lipinski definition) is 5. The van der Waals surface area contributed by atoms with E-state index in [9.17, 15) is 19.8 Å². The second kappa shape index (κ2) is 54.9. The maximum absolute atomic E-state index is 12.5. The molecule has 0 fully saturated rings. The molecule has 6 nitrogen and oxygen atoms in total. The number of ether oxygens (including phenoxy) is 1. The molecule has 0 aliphatic heterocycles. The topological polar surface area (TPSA) is 95.9 Å². The number of amides is 1. The normalized spacial score (nSPS) is 12.7. The van der Waals surface area contributed by atoms with Gasteiger partial charge in [0.2, 0.25) is 5.91 Å².